The van der Waals surface area contributed by atoms with Crippen molar-refractivity contribution in [2.45, 2.75) is 2.33 Å². The Labute approximate surface area is 70.5 Å². The summed E-state index contributed by atoms with van der Waals surface area (Å²) in [4.78, 5) is 4.06. The fraction of sp³-hybridized carbons (Fsp3) is 0.400. The van der Waals surface area contributed by atoms with E-state index in [9.17, 15) is 0 Å². The van der Waals surface area contributed by atoms with Crippen LogP contribution in [0.15, 0.2) is 17.1 Å². The van der Waals surface area contributed by atoms with E-state index in [4.69, 9.17) is 0 Å². The van der Waals surface area contributed by atoms with Gasteiger partial charge in [-0.2, -0.15) is 0 Å². The maximum Gasteiger partial charge on any atom is 0.129 e. The highest BCUT2D eigenvalue weighted by molar-refractivity contribution is 14.1. The van der Waals surface area contributed by atoms with Crippen LogP contribution >= 0.6 is 38.5 Å². The normalized spacial score (nSPS) is 35.8. The van der Waals surface area contributed by atoms with Gasteiger partial charge in [-0.05, 0) is 0 Å². The number of dihydropyridines is 1. The number of alkyl halides is 2. The molecule has 1 nitrogen and oxygen atoms in total. The van der Waals surface area contributed by atoms with E-state index in [1.165, 1.54) is 0 Å². The van der Waals surface area contributed by atoms with Crippen LogP contribution in [0.25, 0.3) is 0 Å². The first-order valence-corrected chi connectivity index (χ1v) is 4.14. The summed E-state index contributed by atoms with van der Waals surface area (Å²) < 4.78 is -0.0109. The van der Waals surface area contributed by atoms with Crippen molar-refractivity contribution in [2.75, 3.05) is 6.54 Å². The SMILES string of the molecule is BrC1(I)C=CCN=C1. The number of hydrogen-bond donors (Lipinski definition) is 0. The molecule has 0 spiro atoms. The fourth-order valence-corrected chi connectivity index (χ4v) is 1.27. The third-order valence-electron chi connectivity index (χ3n) is 0.814. The van der Waals surface area contributed by atoms with Crippen molar-refractivity contribution in [3.8, 4) is 0 Å². The Kier molecular flexibility index (Phi) is 2.08. The molecule has 0 radical (unpaired) electrons. The van der Waals surface area contributed by atoms with Crippen molar-refractivity contribution in [3.05, 3.63) is 12.2 Å². The monoisotopic (exact) mass is 285 g/mol. The molecular formula is C5H5BrIN. The van der Waals surface area contributed by atoms with Crippen molar-refractivity contribution in [1.82, 2.24) is 0 Å². The molecule has 0 bridgehead atoms. The van der Waals surface area contributed by atoms with E-state index in [0.717, 1.165) is 6.54 Å². The minimum Gasteiger partial charge on any atom is -0.291 e. The van der Waals surface area contributed by atoms with Crippen molar-refractivity contribution in [1.29, 1.82) is 0 Å². The number of rotatable bonds is 0. The average molecular weight is 286 g/mol. The minimum atomic E-state index is -0.0109. The third kappa shape index (κ3) is 1.85. The van der Waals surface area contributed by atoms with E-state index in [1.54, 1.807) is 0 Å². The molecule has 1 aliphatic rings. The molecule has 1 atom stereocenters. The van der Waals surface area contributed by atoms with Gasteiger partial charge in [-0.3, -0.25) is 4.99 Å². The average Bonchev–Trinajstić information content (AvgIpc) is 1.65. The molecule has 1 rings (SSSR count). The highest BCUT2D eigenvalue weighted by atomic mass is 127. The van der Waals surface area contributed by atoms with Gasteiger partial charge in [0.25, 0.3) is 0 Å². The molecule has 0 saturated carbocycles. The number of allylic oxidation sites excluding steroid dienone is 1. The second-order valence-electron chi connectivity index (χ2n) is 1.57. The Balaban J connectivity index is 2.69. The van der Waals surface area contributed by atoms with E-state index in [-0.39, 0.29) is 2.33 Å². The van der Waals surface area contributed by atoms with Crippen LogP contribution in [0.5, 0.6) is 0 Å². The van der Waals surface area contributed by atoms with Gasteiger partial charge in [-0.1, -0.05) is 50.7 Å². The Morgan fingerprint density at radius 2 is 2.50 bits per heavy atom. The molecule has 1 aliphatic heterocycles. The maximum absolute atomic E-state index is 4.06. The first-order valence-electron chi connectivity index (χ1n) is 2.27. The summed E-state index contributed by atoms with van der Waals surface area (Å²) in [6, 6.07) is 0. The van der Waals surface area contributed by atoms with Gasteiger partial charge in [0.05, 0.1) is 6.54 Å². The topological polar surface area (TPSA) is 12.4 Å². The molecule has 0 saturated heterocycles. The van der Waals surface area contributed by atoms with Crippen molar-refractivity contribution < 1.29 is 0 Å². The third-order valence-corrected chi connectivity index (χ3v) is 1.92. The lowest BCUT2D eigenvalue weighted by Gasteiger charge is -2.10. The summed E-state index contributed by atoms with van der Waals surface area (Å²) in [5.74, 6) is 0. The Hall–Kier alpha value is 0.620. The molecule has 8 heavy (non-hydrogen) atoms. The zero-order valence-corrected chi connectivity index (χ0v) is 7.89. The van der Waals surface area contributed by atoms with Crippen LogP contribution in [0, 0.1) is 0 Å². The van der Waals surface area contributed by atoms with Gasteiger partial charge in [-0.15, -0.1) is 0 Å². The summed E-state index contributed by atoms with van der Waals surface area (Å²) in [5.41, 5.74) is 0. The zero-order valence-electron chi connectivity index (χ0n) is 4.14. The molecule has 3 heteroatoms. The second kappa shape index (κ2) is 2.47. The fourth-order valence-electron chi connectivity index (χ4n) is 0.488. The van der Waals surface area contributed by atoms with E-state index < -0.39 is 0 Å². The smallest absolute Gasteiger partial charge is 0.129 e. The molecule has 0 N–H and O–H groups in total. The largest absolute Gasteiger partial charge is 0.291 e. The van der Waals surface area contributed by atoms with Gasteiger partial charge in [0, 0.05) is 6.21 Å². The molecule has 0 fully saturated rings. The number of nitrogens with zero attached hydrogens (tertiary/aromatic N) is 1. The van der Waals surface area contributed by atoms with Crippen LogP contribution in [-0.4, -0.2) is 15.1 Å². The van der Waals surface area contributed by atoms with Gasteiger partial charge in [0.15, 0.2) is 0 Å². The molecule has 0 aromatic carbocycles. The van der Waals surface area contributed by atoms with Crippen LogP contribution in [0.3, 0.4) is 0 Å². The van der Waals surface area contributed by atoms with Gasteiger partial charge in [-0.25, -0.2) is 0 Å². The summed E-state index contributed by atoms with van der Waals surface area (Å²) in [6.07, 6.45) is 6.02. The number of halogens is 2. The Morgan fingerprint density at radius 1 is 1.75 bits per heavy atom. The van der Waals surface area contributed by atoms with Gasteiger partial charge < -0.3 is 0 Å². The predicted molar refractivity (Wildman–Crippen MR) is 48.2 cm³/mol. The maximum atomic E-state index is 4.06. The van der Waals surface area contributed by atoms with Crippen molar-refractivity contribution in [2.24, 2.45) is 4.99 Å². The summed E-state index contributed by atoms with van der Waals surface area (Å²) in [7, 11) is 0. The highest BCUT2D eigenvalue weighted by Crippen LogP contribution is 2.27. The first-order chi connectivity index (χ1) is 3.71. The summed E-state index contributed by atoms with van der Waals surface area (Å²) in [6.45, 7) is 0.830. The molecule has 0 aromatic heterocycles. The molecule has 1 unspecified atom stereocenters. The molecule has 0 amide bonds. The summed E-state index contributed by atoms with van der Waals surface area (Å²) >= 11 is 5.71. The lowest BCUT2D eigenvalue weighted by molar-refractivity contribution is 1.20. The lowest BCUT2D eigenvalue weighted by Crippen LogP contribution is -2.11. The molecular weight excluding hydrogens is 281 g/mol. The standard InChI is InChI=1S/C5H5BrIN/c6-5(7)2-1-3-8-4-5/h1-2,4H,3H2. The highest BCUT2D eigenvalue weighted by Gasteiger charge is 2.15. The van der Waals surface area contributed by atoms with Crippen molar-refractivity contribution in [3.63, 3.8) is 0 Å². The van der Waals surface area contributed by atoms with Gasteiger partial charge in [0.1, 0.15) is 2.33 Å². The lowest BCUT2D eigenvalue weighted by atomic mass is 10.3. The molecule has 0 aliphatic carbocycles. The number of hydrogen-bond acceptors (Lipinski definition) is 1. The Bertz CT molecular complexity index is 125. The molecule has 1 heterocycles. The van der Waals surface area contributed by atoms with Crippen molar-refractivity contribution >= 4 is 44.7 Å². The van der Waals surface area contributed by atoms with Crippen LogP contribution < -0.4 is 0 Å². The summed E-state index contributed by atoms with van der Waals surface area (Å²) in [5, 5.41) is 0. The van der Waals surface area contributed by atoms with Crippen LogP contribution in [0.1, 0.15) is 0 Å². The zero-order chi connectivity index (χ0) is 6.04. The first kappa shape index (κ1) is 6.74. The van der Waals surface area contributed by atoms with Crippen LogP contribution in [-0.2, 0) is 0 Å². The molecule has 0 aromatic rings. The second-order valence-corrected chi connectivity index (χ2v) is 6.15. The van der Waals surface area contributed by atoms with E-state index in [0.29, 0.717) is 0 Å². The quantitative estimate of drug-likeness (QED) is 0.367. The minimum absolute atomic E-state index is 0.0109. The van der Waals surface area contributed by atoms with E-state index in [1.807, 2.05) is 12.3 Å². The van der Waals surface area contributed by atoms with E-state index >= 15 is 0 Å². The Morgan fingerprint density at radius 3 is 2.75 bits per heavy atom. The molecule has 44 valence electrons. The van der Waals surface area contributed by atoms with E-state index in [2.05, 4.69) is 49.6 Å². The predicted octanol–water partition coefficient (Wildman–Crippen LogP) is 2.15. The van der Waals surface area contributed by atoms with Crippen LogP contribution in [0.4, 0.5) is 0 Å². The van der Waals surface area contributed by atoms with Gasteiger partial charge in [0.2, 0.25) is 0 Å². The van der Waals surface area contributed by atoms with Gasteiger partial charge >= 0.3 is 0 Å². The van der Waals surface area contributed by atoms with Crippen LogP contribution in [0.2, 0.25) is 0 Å². The number of aliphatic imine (C=N–C) groups is 1.